The van der Waals surface area contributed by atoms with E-state index in [0.29, 0.717) is 6.42 Å². The lowest BCUT2D eigenvalue weighted by molar-refractivity contribution is -0.121. The van der Waals surface area contributed by atoms with Crippen molar-refractivity contribution in [2.45, 2.75) is 32.6 Å². The molecule has 0 bridgehead atoms. The van der Waals surface area contributed by atoms with Gasteiger partial charge in [-0.25, -0.2) is 0 Å². The van der Waals surface area contributed by atoms with Gasteiger partial charge in [0.15, 0.2) is 0 Å². The molecule has 0 aromatic heterocycles. The topological polar surface area (TPSA) is 31.2 Å². The molecule has 0 aromatic carbocycles. The lowest BCUT2D eigenvalue weighted by atomic mass is 10.3. The Bertz CT molecular complexity index is 118. The van der Waals surface area contributed by atoms with Crippen molar-refractivity contribution in [3.63, 3.8) is 0 Å². The summed E-state index contributed by atoms with van der Waals surface area (Å²) in [5.74, 6) is 0.843. The summed E-state index contributed by atoms with van der Waals surface area (Å²) >= 11 is 0. The third-order valence-electron chi connectivity index (χ3n) is 1.69. The SMILES string of the molecule is CCCC(=O)[N]CC1CC1. The lowest BCUT2D eigenvalue weighted by Crippen LogP contribution is -2.16. The van der Waals surface area contributed by atoms with E-state index in [1.54, 1.807) is 0 Å². The Balaban J connectivity index is 1.94. The molecule has 1 fully saturated rings. The van der Waals surface area contributed by atoms with Crippen LogP contribution < -0.4 is 5.32 Å². The van der Waals surface area contributed by atoms with E-state index >= 15 is 0 Å². The molecule has 0 unspecified atom stereocenters. The van der Waals surface area contributed by atoms with E-state index in [0.717, 1.165) is 18.9 Å². The molecule has 0 heterocycles. The van der Waals surface area contributed by atoms with E-state index in [-0.39, 0.29) is 5.91 Å². The number of carbonyl (C=O) groups excluding carboxylic acids is 1. The first-order chi connectivity index (χ1) is 4.83. The first-order valence-corrected chi connectivity index (χ1v) is 4.03. The van der Waals surface area contributed by atoms with Crippen molar-refractivity contribution in [3.05, 3.63) is 0 Å². The van der Waals surface area contributed by atoms with E-state index in [1.807, 2.05) is 6.92 Å². The number of hydrogen-bond acceptors (Lipinski definition) is 1. The minimum atomic E-state index is 0.0920. The zero-order valence-electron chi connectivity index (χ0n) is 6.47. The molecule has 1 rings (SSSR count). The second kappa shape index (κ2) is 3.59. The summed E-state index contributed by atoms with van der Waals surface area (Å²) < 4.78 is 0. The Morgan fingerprint density at radius 3 is 2.80 bits per heavy atom. The highest BCUT2D eigenvalue weighted by Crippen LogP contribution is 2.27. The molecule has 1 aliphatic rings. The van der Waals surface area contributed by atoms with Gasteiger partial charge in [-0.05, 0) is 25.2 Å². The van der Waals surface area contributed by atoms with Crippen LogP contribution in [0.15, 0.2) is 0 Å². The fourth-order valence-corrected chi connectivity index (χ4v) is 0.824. The zero-order chi connectivity index (χ0) is 7.40. The molecule has 2 nitrogen and oxygen atoms in total. The van der Waals surface area contributed by atoms with Gasteiger partial charge in [0.2, 0.25) is 5.91 Å². The summed E-state index contributed by atoms with van der Waals surface area (Å²) in [5, 5.41) is 3.94. The molecule has 0 atom stereocenters. The Kier molecular flexibility index (Phi) is 2.72. The van der Waals surface area contributed by atoms with Crippen LogP contribution >= 0.6 is 0 Å². The fourth-order valence-electron chi connectivity index (χ4n) is 0.824. The minimum absolute atomic E-state index is 0.0920. The standard InChI is InChI=1S/C8H14NO/c1-2-3-8(10)9-6-7-4-5-7/h7H,2-6H2,1H3. The van der Waals surface area contributed by atoms with Crippen LogP contribution in [0.3, 0.4) is 0 Å². The summed E-state index contributed by atoms with van der Waals surface area (Å²) in [6.45, 7) is 2.80. The van der Waals surface area contributed by atoms with E-state index < -0.39 is 0 Å². The van der Waals surface area contributed by atoms with Crippen LogP contribution in [0.5, 0.6) is 0 Å². The van der Waals surface area contributed by atoms with E-state index in [4.69, 9.17) is 0 Å². The zero-order valence-corrected chi connectivity index (χ0v) is 6.47. The summed E-state index contributed by atoms with van der Waals surface area (Å²) in [4.78, 5) is 10.8. The van der Waals surface area contributed by atoms with E-state index in [9.17, 15) is 4.79 Å². The maximum atomic E-state index is 10.8. The molecule has 1 amide bonds. The molecule has 2 heteroatoms. The highest BCUT2D eigenvalue weighted by atomic mass is 16.1. The molecule has 0 aromatic rings. The normalized spacial score (nSPS) is 16.9. The molecule has 10 heavy (non-hydrogen) atoms. The van der Waals surface area contributed by atoms with Crippen LogP contribution in [-0.2, 0) is 4.79 Å². The van der Waals surface area contributed by atoms with Crippen molar-refractivity contribution >= 4 is 5.91 Å². The maximum Gasteiger partial charge on any atom is 0.241 e. The third-order valence-corrected chi connectivity index (χ3v) is 1.69. The average molecular weight is 140 g/mol. The van der Waals surface area contributed by atoms with Gasteiger partial charge in [0, 0.05) is 13.0 Å². The third kappa shape index (κ3) is 2.85. The van der Waals surface area contributed by atoms with Crippen molar-refractivity contribution < 1.29 is 4.79 Å². The van der Waals surface area contributed by atoms with Crippen molar-refractivity contribution in [3.8, 4) is 0 Å². The van der Waals surface area contributed by atoms with Gasteiger partial charge in [-0.1, -0.05) is 6.92 Å². The molecular weight excluding hydrogens is 126 g/mol. The summed E-state index contributed by atoms with van der Waals surface area (Å²) in [7, 11) is 0. The molecule has 1 radical (unpaired) electrons. The summed E-state index contributed by atoms with van der Waals surface area (Å²) in [6, 6.07) is 0. The smallest absolute Gasteiger partial charge is 0.241 e. The van der Waals surface area contributed by atoms with Gasteiger partial charge in [0.1, 0.15) is 0 Å². The second-order valence-corrected chi connectivity index (χ2v) is 2.93. The molecule has 0 N–H and O–H groups in total. The van der Waals surface area contributed by atoms with E-state index in [1.165, 1.54) is 12.8 Å². The maximum absolute atomic E-state index is 10.8. The average Bonchev–Trinajstić information content (AvgIpc) is 2.67. The number of nitrogens with zero attached hydrogens (tertiary/aromatic N) is 1. The van der Waals surface area contributed by atoms with Crippen molar-refractivity contribution in [2.24, 2.45) is 5.92 Å². The predicted molar refractivity (Wildman–Crippen MR) is 39.6 cm³/mol. The monoisotopic (exact) mass is 140 g/mol. The van der Waals surface area contributed by atoms with Crippen LogP contribution in [0, 0.1) is 5.92 Å². The Hall–Kier alpha value is -0.530. The van der Waals surface area contributed by atoms with Crippen LogP contribution in [-0.4, -0.2) is 12.5 Å². The molecular formula is C8H14NO. The number of hydrogen-bond donors (Lipinski definition) is 0. The van der Waals surface area contributed by atoms with Gasteiger partial charge in [-0.2, -0.15) is 0 Å². The molecule has 1 saturated carbocycles. The molecule has 0 aliphatic heterocycles. The number of carbonyl (C=O) groups is 1. The van der Waals surface area contributed by atoms with Crippen LogP contribution in [0.1, 0.15) is 32.6 Å². The highest BCUT2D eigenvalue weighted by Gasteiger charge is 2.22. The first kappa shape index (κ1) is 7.58. The van der Waals surface area contributed by atoms with Gasteiger partial charge in [-0.3, -0.25) is 10.1 Å². The Morgan fingerprint density at radius 1 is 1.60 bits per heavy atom. The van der Waals surface area contributed by atoms with Gasteiger partial charge >= 0.3 is 0 Å². The summed E-state index contributed by atoms with van der Waals surface area (Å²) in [5.41, 5.74) is 0. The fraction of sp³-hybridized carbons (Fsp3) is 0.875. The van der Waals surface area contributed by atoms with Crippen LogP contribution in [0.4, 0.5) is 0 Å². The number of rotatable bonds is 4. The molecule has 0 spiro atoms. The Morgan fingerprint density at radius 2 is 2.30 bits per heavy atom. The first-order valence-electron chi connectivity index (χ1n) is 4.03. The quantitative estimate of drug-likeness (QED) is 0.579. The van der Waals surface area contributed by atoms with Crippen LogP contribution in [0.25, 0.3) is 0 Å². The minimum Gasteiger partial charge on any atom is -0.273 e. The Labute approximate surface area is 62.0 Å². The molecule has 57 valence electrons. The highest BCUT2D eigenvalue weighted by molar-refractivity contribution is 5.75. The predicted octanol–water partition coefficient (Wildman–Crippen LogP) is 1.33. The van der Waals surface area contributed by atoms with Crippen molar-refractivity contribution in [2.75, 3.05) is 6.54 Å². The van der Waals surface area contributed by atoms with Gasteiger partial charge in [-0.15, -0.1) is 0 Å². The van der Waals surface area contributed by atoms with Gasteiger partial charge < -0.3 is 0 Å². The van der Waals surface area contributed by atoms with E-state index in [2.05, 4.69) is 5.32 Å². The van der Waals surface area contributed by atoms with Crippen molar-refractivity contribution in [1.29, 1.82) is 0 Å². The molecule has 0 saturated heterocycles. The largest absolute Gasteiger partial charge is 0.273 e. The van der Waals surface area contributed by atoms with Gasteiger partial charge in [0.25, 0.3) is 0 Å². The van der Waals surface area contributed by atoms with Gasteiger partial charge in [0.05, 0.1) is 0 Å². The lowest BCUT2D eigenvalue weighted by Gasteiger charge is -1.96. The molecule has 1 aliphatic carbocycles. The van der Waals surface area contributed by atoms with Crippen LogP contribution in [0.2, 0.25) is 0 Å². The number of amides is 1. The second-order valence-electron chi connectivity index (χ2n) is 2.93. The van der Waals surface area contributed by atoms with Crippen molar-refractivity contribution in [1.82, 2.24) is 5.32 Å². The summed E-state index contributed by atoms with van der Waals surface area (Å²) in [6.07, 6.45) is 4.12.